The van der Waals surface area contributed by atoms with E-state index in [0.717, 1.165) is 18.6 Å². The molecule has 144 valence electrons. The molecule has 0 saturated heterocycles. The quantitative estimate of drug-likeness (QED) is 0.467. The molecule has 1 aromatic carbocycles. The van der Waals surface area contributed by atoms with Crippen LogP contribution in [0.15, 0.2) is 42.0 Å². The van der Waals surface area contributed by atoms with Crippen LogP contribution in [0.5, 0.6) is 5.75 Å². The van der Waals surface area contributed by atoms with Crippen LogP contribution in [0.25, 0.3) is 0 Å². The Morgan fingerprint density at radius 1 is 1.15 bits per heavy atom. The van der Waals surface area contributed by atoms with E-state index in [1.165, 1.54) is 29.5 Å². The largest absolute Gasteiger partial charge is 0.486 e. The summed E-state index contributed by atoms with van der Waals surface area (Å²) in [6, 6.07) is 6.72. The molecule has 0 amide bonds. The van der Waals surface area contributed by atoms with Crippen LogP contribution in [-0.2, 0) is 0 Å². The van der Waals surface area contributed by atoms with Gasteiger partial charge >= 0.3 is 0 Å². The Kier molecular flexibility index (Phi) is 7.15. The highest BCUT2D eigenvalue weighted by atomic mass is 16.5. The first-order chi connectivity index (χ1) is 12.2. The van der Waals surface area contributed by atoms with Gasteiger partial charge in [-0.05, 0) is 79.2 Å². The molecule has 0 aromatic heterocycles. The molecule has 0 heterocycles. The van der Waals surface area contributed by atoms with Crippen LogP contribution in [0.3, 0.4) is 0 Å². The van der Waals surface area contributed by atoms with Crippen molar-refractivity contribution in [1.29, 1.82) is 0 Å². The standard InChI is InChI=1S/C25H38O/c1-8-25(6,7)17-24(18(2)3)23-15-14-22(16-19(23)4)26-20(5)21-12-10-9-11-13-21/h9-10,12,14-16,18,20,24H,8,11,13,17H2,1-7H3. The number of ether oxygens (including phenoxy) is 1. The van der Waals surface area contributed by atoms with Gasteiger partial charge in [0.1, 0.15) is 11.9 Å². The molecule has 0 bridgehead atoms. The summed E-state index contributed by atoms with van der Waals surface area (Å²) >= 11 is 0. The van der Waals surface area contributed by atoms with Crippen molar-refractivity contribution in [3.8, 4) is 5.75 Å². The van der Waals surface area contributed by atoms with Crippen molar-refractivity contribution in [2.45, 2.75) is 86.2 Å². The molecule has 1 nitrogen and oxygen atoms in total. The second-order valence-corrected chi connectivity index (χ2v) is 9.06. The zero-order valence-corrected chi connectivity index (χ0v) is 17.9. The summed E-state index contributed by atoms with van der Waals surface area (Å²) in [4.78, 5) is 0. The molecule has 0 fully saturated rings. The highest BCUT2D eigenvalue weighted by Crippen LogP contribution is 2.40. The van der Waals surface area contributed by atoms with E-state index >= 15 is 0 Å². The van der Waals surface area contributed by atoms with E-state index in [0.29, 0.717) is 17.3 Å². The fraction of sp³-hybridized carbons (Fsp3) is 0.600. The molecule has 0 aliphatic heterocycles. The van der Waals surface area contributed by atoms with Gasteiger partial charge in [-0.3, -0.25) is 0 Å². The highest BCUT2D eigenvalue weighted by molar-refractivity contribution is 5.38. The molecular formula is C25H38O. The first kappa shape index (κ1) is 20.8. The predicted octanol–water partition coefficient (Wildman–Crippen LogP) is 7.60. The van der Waals surface area contributed by atoms with Gasteiger partial charge in [0, 0.05) is 0 Å². The fourth-order valence-corrected chi connectivity index (χ4v) is 3.82. The lowest BCUT2D eigenvalue weighted by atomic mass is 9.73. The van der Waals surface area contributed by atoms with Crippen LogP contribution < -0.4 is 4.74 Å². The van der Waals surface area contributed by atoms with Gasteiger partial charge < -0.3 is 4.74 Å². The number of allylic oxidation sites excluding steroid dienone is 3. The summed E-state index contributed by atoms with van der Waals surface area (Å²) in [6.45, 7) is 16.2. The lowest BCUT2D eigenvalue weighted by molar-refractivity contribution is 0.251. The maximum atomic E-state index is 6.25. The molecule has 1 aromatic rings. The van der Waals surface area contributed by atoms with E-state index in [4.69, 9.17) is 4.74 Å². The SMILES string of the molecule is CCC(C)(C)CC(c1ccc(OC(C)C2=CC=CCC2)cc1C)C(C)C. The number of aryl methyl sites for hydroxylation is 1. The zero-order valence-electron chi connectivity index (χ0n) is 17.9. The Morgan fingerprint density at radius 3 is 2.42 bits per heavy atom. The smallest absolute Gasteiger partial charge is 0.120 e. The molecule has 0 saturated carbocycles. The average molecular weight is 355 g/mol. The van der Waals surface area contributed by atoms with Gasteiger partial charge in [0.15, 0.2) is 0 Å². The van der Waals surface area contributed by atoms with Crippen LogP contribution in [0, 0.1) is 18.3 Å². The van der Waals surface area contributed by atoms with E-state index in [9.17, 15) is 0 Å². The van der Waals surface area contributed by atoms with Crippen LogP contribution in [-0.4, -0.2) is 6.10 Å². The minimum absolute atomic E-state index is 0.144. The highest BCUT2D eigenvalue weighted by Gasteiger charge is 2.26. The molecule has 1 aliphatic carbocycles. The lowest BCUT2D eigenvalue weighted by Crippen LogP contribution is -2.19. The van der Waals surface area contributed by atoms with Crippen LogP contribution in [0.2, 0.25) is 0 Å². The Morgan fingerprint density at radius 2 is 1.88 bits per heavy atom. The van der Waals surface area contributed by atoms with Crippen molar-refractivity contribution < 1.29 is 4.74 Å². The average Bonchev–Trinajstić information content (AvgIpc) is 2.61. The fourth-order valence-electron chi connectivity index (χ4n) is 3.82. The first-order valence-electron chi connectivity index (χ1n) is 10.4. The van der Waals surface area contributed by atoms with Crippen molar-refractivity contribution in [3.63, 3.8) is 0 Å². The topological polar surface area (TPSA) is 9.23 Å². The summed E-state index contributed by atoms with van der Waals surface area (Å²) < 4.78 is 6.25. The van der Waals surface area contributed by atoms with Gasteiger partial charge in [-0.2, -0.15) is 0 Å². The third-order valence-corrected chi connectivity index (χ3v) is 6.06. The number of benzene rings is 1. The van der Waals surface area contributed by atoms with Gasteiger partial charge in [0.2, 0.25) is 0 Å². The first-order valence-corrected chi connectivity index (χ1v) is 10.4. The number of rotatable bonds is 8. The molecule has 1 aliphatic rings. The molecule has 0 N–H and O–H groups in total. The molecule has 26 heavy (non-hydrogen) atoms. The van der Waals surface area contributed by atoms with Crippen molar-refractivity contribution in [3.05, 3.63) is 53.1 Å². The van der Waals surface area contributed by atoms with Gasteiger partial charge in [-0.15, -0.1) is 0 Å². The van der Waals surface area contributed by atoms with Crippen molar-refractivity contribution in [2.75, 3.05) is 0 Å². The molecule has 0 radical (unpaired) electrons. The zero-order chi connectivity index (χ0) is 19.3. The molecular weight excluding hydrogens is 316 g/mol. The molecule has 2 atom stereocenters. The second kappa shape index (κ2) is 8.93. The number of hydrogen-bond donors (Lipinski definition) is 0. The minimum atomic E-state index is 0.144. The van der Waals surface area contributed by atoms with Gasteiger partial charge in [0.25, 0.3) is 0 Å². The van der Waals surface area contributed by atoms with Crippen LogP contribution in [0.1, 0.15) is 84.3 Å². The molecule has 2 rings (SSSR count). The summed E-state index contributed by atoms with van der Waals surface area (Å²) in [5, 5.41) is 0. The third kappa shape index (κ3) is 5.50. The lowest BCUT2D eigenvalue weighted by Gasteiger charge is -2.32. The molecule has 2 unspecified atom stereocenters. The maximum Gasteiger partial charge on any atom is 0.120 e. The Balaban J connectivity index is 2.16. The van der Waals surface area contributed by atoms with Crippen molar-refractivity contribution >= 4 is 0 Å². The van der Waals surface area contributed by atoms with Crippen LogP contribution in [0.4, 0.5) is 0 Å². The predicted molar refractivity (Wildman–Crippen MR) is 114 cm³/mol. The van der Waals surface area contributed by atoms with E-state index < -0.39 is 0 Å². The molecule has 1 heteroatoms. The Labute approximate surface area is 161 Å². The van der Waals surface area contributed by atoms with E-state index in [1.807, 2.05) is 0 Å². The second-order valence-electron chi connectivity index (χ2n) is 9.06. The summed E-state index contributed by atoms with van der Waals surface area (Å²) in [5.41, 5.74) is 4.62. The third-order valence-electron chi connectivity index (χ3n) is 6.06. The van der Waals surface area contributed by atoms with Crippen molar-refractivity contribution in [1.82, 2.24) is 0 Å². The summed E-state index contributed by atoms with van der Waals surface area (Å²) in [5.74, 6) is 2.23. The monoisotopic (exact) mass is 354 g/mol. The van der Waals surface area contributed by atoms with Gasteiger partial charge in [0.05, 0.1) is 0 Å². The minimum Gasteiger partial charge on any atom is -0.486 e. The Hall–Kier alpha value is -1.50. The number of hydrogen-bond acceptors (Lipinski definition) is 1. The van der Waals surface area contributed by atoms with Crippen LogP contribution >= 0.6 is 0 Å². The maximum absolute atomic E-state index is 6.25. The summed E-state index contributed by atoms with van der Waals surface area (Å²) in [6.07, 6.45) is 11.4. The Bertz CT molecular complexity index is 648. The van der Waals surface area contributed by atoms with E-state index in [-0.39, 0.29) is 6.10 Å². The van der Waals surface area contributed by atoms with Crippen molar-refractivity contribution in [2.24, 2.45) is 11.3 Å². The molecule has 0 spiro atoms. The van der Waals surface area contributed by atoms with E-state index in [2.05, 4.69) is 84.9 Å². The summed E-state index contributed by atoms with van der Waals surface area (Å²) in [7, 11) is 0. The normalized spacial score (nSPS) is 17.2. The van der Waals surface area contributed by atoms with E-state index in [1.54, 1.807) is 0 Å². The van der Waals surface area contributed by atoms with Gasteiger partial charge in [-0.1, -0.05) is 65.3 Å². The van der Waals surface area contributed by atoms with Gasteiger partial charge in [-0.25, -0.2) is 0 Å².